The molecule has 4 aromatic rings. The Morgan fingerprint density at radius 1 is 1.07 bits per heavy atom. The number of benzene rings is 2. The first-order chi connectivity index (χ1) is 19.5. The minimum atomic E-state index is -0.427. The molecule has 0 saturated carbocycles. The van der Waals surface area contributed by atoms with Gasteiger partial charge in [0.25, 0.3) is 6.47 Å². The van der Waals surface area contributed by atoms with E-state index in [1.165, 1.54) is 11.9 Å². The van der Waals surface area contributed by atoms with E-state index < -0.39 is 6.04 Å². The van der Waals surface area contributed by atoms with Crippen LogP contribution in [0.2, 0.25) is 0 Å². The Hall–Kier alpha value is -4.30. The first-order valence-corrected chi connectivity index (χ1v) is 13.8. The van der Waals surface area contributed by atoms with E-state index in [2.05, 4.69) is 64.3 Å². The van der Waals surface area contributed by atoms with Gasteiger partial charge < -0.3 is 10.5 Å². The summed E-state index contributed by atoms with van der Waals surface area (Å²) in [7, 11) is 0. The highest BCUT2D eigenvalue weighted by atomic mass is 16.5. The molecular formula is C32H38N6O2. The number of aryl methyl sites for hydroxylation is 2. The molecule has 3 heterocycles. The number of carbonyl (C=O) groups excluding carboxylic acids is 1. The topological polar surface area (TPSA) is 99.2 Å². The molecule has 0 saturated heterocycles. The first-order valence-electron chi connectivity index (χ1n) is 13.8. The molecule has 40 heavy (non-hydrogen) atoms. The molecule has 8 nitrogen and oxygen atoms in total. The predicted octanol–water partition coefficient (Wildman–Crippen LogP) is 6.03. The van der Waals surface area contributed by atoms with Crippen molar-refractivity contribution in [3.8, 4) is 0 Å². The number of nitrogens with zero attached hydrogens (tertiary/aromatic N) is 5. The van der Waals surface area contributed by atoms with Gasteiger partial charge in [-0.1, -0.05) is 74.5 Å². The number of allylic oxidation sites excluding steroid dienone is 2. The van der Waals surface area contributed by atoms with Crippen LogP contribution in [0.1, 0.15) is 55.6 Å². The Bertz CT molecular complexity index is 1520. The number of fused-ring (bicyclic) bond motifs is 1. The quantitative estimate of drug-likeness (QED) is 0.216. The molecule has 0 bridgehead atoms. The maximum Gasteiger partial charge on any atom is 0.298 e. The molecule has 1 aliphatic rings. The van der Waals surface area contributed by atoms with Gasteiger partial charge in [-0.15, -0.1) is 0 Å². The Balaban J connectivity index is 0.00000181. The van der Waals surface area contributed by atoms with Crippen LogP contribution < -0.4 is 5.73 Å². The average Bonchev–Trinajstić information content (AvgIpc) is 3.33. The highest BCUT2D eigenvalue weighted by molar-refractivity contribution is 5.88. The molecule has 0 fully saturated rings. The van der Waals surface area contributed by atoms with Crippen molar-refractivity contribution < 1.29 is 9.53 Å². The average molecular weight is 539 g/mol. The molecule has 0 aliphatic carbocycles. The normalized spacial score (nSPS) is 15.0. The summed E-state index contributed by atoms with van der Waals surface area (Å²) < 4.78 is 7.57. The van der Waals surface area contributed by atoms with Gasteiger partial charge in [-0.3, -0.25) is 9.69 Å². The van der Waals surface area contributed by atoms with E-state index in [0.717, 1.165) is 54.0 Å². The predicted molar refractivity (Wildman–Crippen MR) is 160 cm³/mol. The second-order valence-corrected chi connectivity index (χ2v) is 9.63. The summed E-state index contributed by atoms with van der Waals surface area (Å²) in [5.74, 6) is 0.902. The molecule has 208 valence electrons. The van der Waals surface area contributed by atoms with Crippen LogP contribution in [0.25, 0.3) is 16.6 Å². The molecule has 8 heteroatoms. The van der Waals surface area contributed by atoms with Crippen molar-refractivity contribution >= 4 is 28.9 Å². The summed E-state index contributed by atoms with van der Waals surface area (Å²) >= 11 is 0. The SMILES string of the molecule is CC.Cc1ccccc1/C(C1=CCN(Cc2ccccc2)CC1)=C(\OC=O)C(C)n1nc(C)c2c(N)ncnc21. The van der Waals surface area contributed by atoms with Crippen LogP contribution in [-0.4, -0.2) is 44.2 Å². The minimum Gasteiger partial charge on any atom is -0.430 e. The lowest BCUT2D eigenvalue weighted by Crippen LogP contribution is -2.29. The fourth-order valence-corrected chi connectivity index (χ4v) is 5.21. The summed E-state index contributed by atoms with van der Waals surface area (Å²) in [5.41, 5.74) is 13.0. The third-order valence-electron chi connectivity index (χ3n) is 7.14. The molecule has 2 aromatic carbocycles. The monoisotopic (exact) mass is 538 g/mol. The second kappa shape index (κ2) is 13.2. The Labute approximate surface area is 236 Å². The minimum absolute atomic E-state index is 0.375. The van der Waals surface area contributed by atoms with Gasteiger partial charge in [-0.25, -0.2) is 14.6 Å². The van der Waals surface area contributed by atoms with Crippen LogP contribution in [0, 0.1) is 13.8 Å². The number of nitrogen functional groups attached to an aromatic ring is 1. The Morgan fingerprint density at radius 3 is 2.48 bits per heavy atom. The second-order valence-electron chi connectivity index (χ2n) is 9.63. The van der Waals surface area contributed by atoms with Crippen LogP contribution in [0.3, 0.4) is 0 Å². The van der Waals surface area contributed by atoms with Crippen LogP contribution in [-0.2, 0) is 16.1 Å². The zero-order chi connectivity index (χ0) is 28.6. The Kier molecular flexibility index (Phi) is 9.45. The van der Waals surface area contributed by atoms with Crippen LogP contribution in [0.5, 0.6) is 0 Å². The van der Waals surface area contributed by atoms with Crippen molar-refractivity contribution in [2.45, 2.75) is 53.6 Å². The fraction of sp³-hybridized carbons (Fsp3) is 0.312. The van der Waals surface area contributed by atoms with Crippen molar-refractivity contribution in [1.82, 2.24) is 24.6 Å². The molecule has 0 radical (unpaired) electrons. The summed E-state index contributed by atoms with van der Waals surface area (Å²) in [5, 5.41) is 5.44. The van der Waals surface area contributed by atoms with Crippen molar-refractivity contribution in [3.05, 3.63) is 101 Å². The van der Waals surface area contributed by atoms with Crippen LogP contribution in [0.15, 0.2) is 78.3 Å². The molecule has 1 atom stereocenters. The zero-order valence-corrected chi connectivity index (χ0v) is 24.0. The standard InChI is InChI=1S/C30H32N6O2.C2H6/c1-20-9-7-8-12-25(20)27(24-13-15-35(16-14-24)17-23-10-5-4-6-11-23)28(38-19-37)22(3)36-30-26(21(2)34-36)29(31)32-18-33-30;1-2/h4-13,18-19,22H,14-17H2,1-3H3,(H2,31,32,33);1-2H3/b28-27-;. The van der Waals surface area contributed by atoms with Crippen LogP contribution in [0.4, 0.5) is 5.82 Å². The van der Waals surface area contributed by atoms with Crippen LogP contribution >= 0.6 is 0 Å². The molecule has 0 amide bonds. The summed E-state index contributed by atoms with van der Waals surface area (Å²) in [6, 6.07) is 18.2. The number of ether oxygens (including phenoxy) is 1. The van der Waals surface area contributed by atoms with E-state index in [9.17, 15) is 4.79 Å². The molecule has 2 N–H and O–H groups in total. The van der Waals surface area contributed by atoms with Gasteiger partial charge in [0, 0.05) is 25.2 Å². The van der Waals surface area contributed by atoms with Crippen molar-refractivity contribution in [2.75, 3.05) is 18.8 Å². The van der Waals surface area contributed by atoms with Gasteiger partial charge in [-0.2, -0.15) is 5.10 Å². The first kappa shape index (κ1) is 28.7. The van der Waals surface area contributed by atoms with E-state index in [0.29, 0.717) is 29.1 Å². The number of nitrogens with two attached hydrogens (primary N) is 1. The number of anilines is 1. The maximum atomic E-state index is 11.9. The number of aromatic nitrogens is 4. The molecule has 0 spiro atoms. The third-order valence-corrected chi connectivity index (χ3v) is 7.14. The number of hydrogen-bond donors (Lipinski definition) is 1. The summed E-state index contributed by atoms with van der Waals surface area (Å²) in [6.07, 6.45) is 4.50. The van der Waals surface area contributed by atoms with Gasteiger partial charge in [-0.05, 0) is 49.5 Å². The molecular weight excluding hydrogens is 500 g/mol. The van der Waals surface area contributed by atoms with E-state index in [1.54, 1.807) is 4.68 Å². The largest absolute Gasteiger partial charge is 0.430 e. The number of rotatable bonds is 8. The van der Waals surface area contributed by atoms with Gasteiger partial charge >= 0.3 is 0 Å². The highest BCUT2D eigenvalue weighted by Gasteiger charge is 2.27. The number of carbonyl (C=O) groups is 1. The highest BCUT2D eigenvalue weighted by Crippen LogP contribution is 2.38. The van der Waals surface area contributed by atoms with Gasteiger partial charge in [0.15, 0.2) is 5.65 Å². The third kappa shape index (κ3) is 5.97. The van der Waals surface area contributed by atoms with Crippen molar-refractivity contribution in [1.29, 1.82) is 0 Å². The van der Waals surface area contributed by atoms with Gasteiger partial charge in [0.05, 0.1) is 11.1 Å². The lowest BCUT2D eigenvalue weighted by Gasteiger charge is -2.29. The van der Waals surface area contributed by atoms with E-state index >= 15 is 0 Å². The van der Waals surface area contributed by atoms with Gasteiger partial charge in [0.2, 0.25) is 0 Å². The van der Waals surface area contributed by atoms with Crippen molar-refractivity contribution in [2.24, 2.45) is 0 Å². The fourth-order valence-electron chi connectivity index (χ4n) is 5.21. The van der Waals surface area contributed by atoms with E-state index in [1.807, 2.05) is 45.9 Å². The Morgan fingerprint density at radius 2 is 1.80 bits per heavy atom. The zero-order valence-electron chi connectivity index (χ0n) is 24.0. The van der Waals surface area contributed by atoms with E-state index in [-0.39, 0.29) is 0 Å². The lowest BCUT2D eigenvalue weighted by atomic mass is 9.88. The maximum absolute atomic E-state index is 11.9. The molecule has 2 aromatic heterocycles. The number of hydrogen-bond acceptors (Lipinski definition) is 7. The smallest absolute Gasteiger partial charge is 0.298 e. The molecule has 1 unspecified atom stereocenters. The van der Waals surface area contributed by atoms with Crippen molar-refractivity contribution in [3.63, 3.8) is 0 Å². The lowest BCUT2D eigenvalue weighted by molar-refractivity contribution is -0.125. The van der Waals surface area contributed by atoms with Gasteiger partial charge in [0.1, 0.15) is 23.9 Å². The summed E-state index contributed by atoms with van der Waals surface area (Å²) in [4.78, 5) is 22.9. The van der Waals surface area contributed by atoms with E-state index in [4.69, 9.17) is 15.6 Å². The molecule has 1 aliphatic heterocycles. The summed E-state index contributed by atoms with van der Waals surface area (Å²) in [6.45, 7) is 13.0. The molecule has 5 rings (SSSR count).